The lowest BCUT2D eigenvalue weighted by atomic mass is 9.95. The number of nitrogens with two attached hydrogens (primary N) is 1. The van der Waals surface area contributed by atoms with Gasteiger partial charge in [0, 0.05) is 29.6 Å². The molecule has 0 bridgehead atoms. The summed E-state index contributed by atoms with van der Waals surface area (Å²) in [5, 5.41) is 3.40. The second-order valence-electron chi connectivity index (χ2n) is 8.00. The fourth-order valence-electron chi connectivity index (χ4n) is 4.46. The van der Waals surface area contributed by atoms with E-state index in [0.717, 1.165) is 36.1 Å². The summed E-state index contributed by atoms with van der Waals surface area (Å²) in [7, 11) is 0. The summed E-state index contributed by atoms with van der Waals surface area (Å²) in [6.45, 7) is 1.22. The summed E-state index contributed by atoms with van der Waals surface area (Å²) in [5.41, 5.74) is 7.70. The Balaban J connectivity index is 1.33. The third-order valence-electron chi connectivity index (χ3n) is 5.99. The average Bonchev–Trinajstić information content (AvgIpc) is 3.33. The second-order valence-corrected chi connectivity index (χ2v) is 9.11. The Morgan fingerprint density at radius 2 is 1.90 bits per heavy atom. The number of ether oxygens (including phenoxy) is 2. The molecule has 8 nitrogen and oxygen atoms in total. The van der Waals surface area contributed by atoms with Crippen LogP contribution in [0.1, 0.15) is 40.1 Å². The van der Waals surface area contributed by atoms with E-state index < -0.39 is 11.8 Å². The lowest BCUT2D eigenvalue weighted by Gasteiger charge is -2.22. The van der Waals surface area contributed by atoms with Crippen molar-refractivity contribution in [1.29, 1.82) is 0 Å². The van der Waals surface area contributed by atoms with Crippen molar-refractivity contribution in [2.24, 2.45) is 11.7 Å². The highest BCUT2D eigenvalue weighted by Gasteiger charge is 2.36. The molecule has 3 heterocycles. The van der Waals surface area contributed by atoms with Gasteiger partial charge in [0.2, 0.25) is 11.8 Å². The van der Waals surface area contributed by atoms with Crippen LogP contribution in [0.3, 0.4) is 0 Å². The van der Waals surface area contributed by atoms with Crippen LogP contribution < -0.4 is 25.4 Å². The van der Waals surface area contributed by atoms with Gasteiger partial charge in [0.25, 0.3) is 5.91 Å². The van der Waals surface area contributed by atoms with E-state index in [-0.39, 0.29) is 24.8 Å². The molecule has 9 heteroatoms. The summed E-state index contributed by atoms with van der Waals surface area (Å²) in [5.74, 6) is -0.182. The number of nitrogens with zero attached hydrogens (tertiary/aromatic N) is 1. The molecule has 31 heavy (non-hydrogen) atoms. The maximum atomic E-state index is 13.0. The third-order valence-corrected chi connectivity index (χ3v) is 7.19. The van der Waals surface area contributed by atoms with Gasteiger partial charge in [0.15, 0.2) is 11.5 Å². The summed E-state index contributed by atoms with van der Waals surface area (Å²) in [4.78, 5) is 40.4. The maximum absolute atomic E-state index is 13.0. The van der Waals surface area contributed by atoms with Gasteiger partial charge in [-0.2, -0.15) is 0 Å². The predicted molar refractivity (Wildman–Crippen MR) is 116 cm³/mol. The maximum Gasteiger partial charge on any atom is 0.251 e. The number of nitrogens with one attached hydrogen (secondary N) is 1. The molecule has 3 N–H and O–H groups in total. The number of benzene rings is 1. The highest BCUT2D eigenvalue weighted by atomic mass is 32.1. The zero-order valence-corrected chi connectivity index (χ0v) is 17.8. The summed E-state index contributed by atoms with van der Waals surface area (Å²) < 4.78 is 11.1. The van der Waals surface area contributed by atoms with Crippen molar-refractivity contribution < 1.29 is 23.9 Å². The minimum absolute atomic E-state index is 0.108. The van der Waals surface area contributed by atoms with Gasteiger partial charge in [-0.05, 0) is 43.4 Å². The zero-order valence-electron chi connectivity index (χ0n) is 16.9. The Morgan fingerprint density at radius 3 is 2.71 bits per heavy atom. The number of fused-ring (bicyclic) bond motifs is 2. The SMILES string of the molecule is NC(=O)c1c(NC(=O)C2CC(=O)N(c3ccc4c(c3)OCCO4)C2)sc2c1CCCC2. The van der Waals surface area contributed by atoms with Crippen LogP contribution in [0, 0.1) is 5.92 Å². The molecule has 1 aromatic heterocycles. The molecule has 162 valence electrons. The first-order chi connectivity index (χ1) is 15.0. The number of carbonyl (C=O) groups is 3. The molecule has 1 atom stereocenters. The number of anilines is 2. The molecule has 2 aliphatic heterocycles. The van der Waals surface area contributed by atoms with Gasteiger partial charge >= 0.3 is 0 Å². The standard InChI is InChI=1S/C22H23N3O5S/c23-20(27)19-14-3-1-2-4-17(14)31-22(19)24-21(28)12-9-18(26)25(11-12)13-5-6-15-16(10-13)30-8-7-29-15/h5-6,10,12H,1-4,7-9,11H2,(H2,23,27)(H,24,28). The molecule has 1 aromatic carbocycles. The molecule has 1 unspecified atom stereocenters. The Labute approximate surface area is 183 Å². The van der Waals surface area contributed by atoms with Crippen LogP contribution in [-0.4, -0.2) is 37.5 Å². The van der Waals surface area contributed by atoms with Crippen LogP contribution in [0.5, 0.6) is 11.5 Å². The zero-order chi connectivity index (χ0) is 21.5. The normalized spacial score (nSPS) is 19.8. The molecule has 0 spiro atoms. The van der Waals surface area contributed by atoms with E-state index >= 15 is 0 Å². The van der Waals surface area contributed by atoms with E-state index in [1.807, 2.05) is 0 Å². The minimum atomic E-state index is -0.518. The molecular formula is C22H23N3O5S. The van der Waals surface area contributed by atoms with Crippen LogP contribution >= 0.6 is 11.3 Å². The van der Waals surface area contributed by atoms with Gasteiger partial charge < -0.3 is 25.4 Å². The van der Waals surface area contributed by atoms with Gasteiger partial charge in [0.1, 0.15) is 18.2 Å². The largest absolute Gasteiger partial charge is 0.486 e. The van der Waals surface area contributed by atoms with Gasteiger partial charge in [-0.15, -0.1) is 11.3 Å². The average molecular weight is 442 g/mol. The fraction of sp³-hybridized carbons (Fsp3) is 0.409. The number of hydrogen-bond acceptors (Lipinski definition) is 6. The Bertz CT molecular complexity index is 1080. The quantitative estimate of drug-likeness (QED) is 0.757. The van der Waals surface area contributed by atoms with Crippen molar-refractivity contribution >= 4 is 39.7 Å². The predicted octanol–water partition coefficient (Wildman–Crippen LogP) is 2.49. The van der Waals surface area contributed by atoms with E-state index in [1.54, 1.807) is 23.1 Å². The van der Waals surface area contributed by atoms with Crippen molar-refractivity contribution in [2.45, 2.75) is 32.1 Å². The van der Waals surface area contributed by atoms with E-state index in [2.05, 4.69) is 5.32 Å². The van der Waals surface area contributed by atoms with Crippen molar-refractivity contribution in [3.05, 3.63) is 34.2 Å². The summed E-state index contributed by atoms with van der Waals surface area (Å²) >= 11 is 1.43. The number of hydrogen-bond donors (Lipinski definition) is 2. The molecule has 0 saturated carbocycles. The second kappa shape index (κ2) is 7.88. The fourth-order valence-corrected chi connectivity index (χ4v) is 5.76. The smallest absolute Gasteiger partial charge is 0.251 e. The third kappa shape index (κ3) is 3.63. The molecule has 1 aliphatic carbocycles. The first kappa shape index (κ1) is 19.9. The van der Waals surface area contributed by atoms with E-state index in [4.69, 9.17) is 15.2 Å². The molecule has 2 aromatic rings. The van der Waals surface area contributed by atoms with Gasteiger partial charge in [-0.3, -0.25) is 14.4 Å². The first-order valence-corrected chi connectivity index (χ1v) is 11.3. The first-order valence-electron chi connectivity index (χ1n) is 10.5. The molecular weight excluding hydrogens is 418 g/mol. The topological polar surface area (TPSA) is 111 Å². The molecule has 0 radical (unpaired) electrons. The molecule has 1 saturated heterocycles. The van der Waals surface area contributed by atoms with Crippen LogP contribution in [0.15, 0.2) is 18.2 Å². The Morgan fingerprint density at radius 1 is 1.13 bits per heavy atom. The molecule has 3 aliphatic rings. The van der Waals surface area contributed by atoms with Gasteiger partial charge in [0.05, 0.1) is 11.5 Å². The number of primary amides is 1. The molecule has 5 rings (SSSR count). The number of aryl methyl sites for hydroxylation is 1. The summed E-state index contributed by atoms with van der Waals surface area (Å²) in [6, 6.07) is 5.34. The van der Waals surface area contributed by atoms with Crippen molar-refractivity contribution in [1.82, 2.24) is 0 Å². The number of carbonyl (C=O) groups excluding carboxylic acids is 3. The van der Waals surface area contributed by atoms with Crippen LogP contribution in [0.25, 0.3) is 0 Å². The lowest BCUT2D eigenvalue weighted by molar-refractivity contribution is -0.122. The van der Waals surface area contributed by atoms with E-state index in [1.165, 1.54) is 11.3 Å². The van der Waals surface area contributed by atoms with Crippen molar-refractivity contribution in [3.63, 3.8) is 0 Å². The highest BCUT2D eigenvalue weighted by Crippen LogP contribution is 2.39. The van der Waals surface area contributed by atoms with Gasteiger partial charge in [-0.25, -0.2) is 0 Å². The number of thiophene rings is 1. The monoisotopic (exact) mass is 441 g/mol. The Hall–Kier alpha value is -3.07. The van der Waals surface area contributed by atoms with E-state index in [9.17, 15) is 14.4 Å². The van der Waals surface area contributed by atoms with Crippen LogP contribution in [0.2, 0.25) is 0 Å². The van der Waals surface area contributed by atoms with Crippen molar-refractivity contribution in [2.75, 3.05) is 30.0 Å². The van der Waals surface area contributed by atoms with Crippen LogP contribution in [0.4, 0.5) is 10.7 Å². The van der Waals surface area contributed by atoms with Gasteiger partial charge in [-0.1, -0.05) is 0 Å². The molecule has 3 amide bonds. The minimum Gasteiger partial charge on any atom is -0.486 e. The number of rotatable bonds is 4. The lowest BCUT2D eigenvalue weighted by Crippen LogP contribution is -2.28. The number of amides is 3. The van der Waals surface area contributed by atoms with Crippen molar-refractivity contribution in [3.8, 4) is 11.5 Å². The van der Waals surface area contributed by atoms with E-state index in [0.29, 0.717) is 41.0 Å². The highest BCUT2D eigenvalue weighted by molar-refractivity contribution is 7.17. The molecule has 1 fully saturated rings. The summed E-state index contributed by atoms with van der Waals surface area (Å²) in [6.07, 6.45) is 3.90. The Kier molecular flexibility index (Phi) is 5.05. The van der Waals surface area contributed by atoms with Crippen LogP contribution in [-0.2, 0) is 22.4 Å².